The standard InChI is InChI=1S/C23H24N2O3/c26-23(11-9-20-8-10-21-22(17-20)28-18-27-21)25-15-13-24(14-16-25)12-4-7-19-5-2-1-3-6-19/h1-11,17H,12-16,18H2. The number of carbonyl (C=O) groups is 1. The first-order chi connectivity index (χ1) is 13.8. The molecule has 2 heterocycles. The van der Waals surface area contributed by atoms with Crippen molar-refractivity contribution in [3.63, 3.8) is 0 Å². The average molecular weight is 376 g/mol. The molecule has 0 aliphatic carbocycles. The molecule has 0 radical (unpaired) electrons. The minimum atomic E-state index is 0.0529. The van der Waals surface area contributed by atoms with Crippen LogP contribution in [0.2, 0.25) is 0 Å². The van der Waals surface area contributed by atoms with Gasteiger partial charge in [0.2, 0.25) is 12.7 Å². The van der Waals surface area contributed by atoms with E-state index < -0.39 is 0 Å². The first kappa shape index (κ1) is 18.3. The summed E-state index contributed by atoms with van der Waals surface area (Å²) in [6.07, 6.45) is 7.81. The van der Waals surface area contributed by atoms with Crippen LogP contribution in [0.1, 0.15) is 11.1 Å². The molecule has 2 aromatic carbocycles. The van der Waals surface area contributed by atoms with Crippen LogP contribution in [0.15, 0.2) is 60.7 Å². The fourth-order valence-corrected chi connectivity index (χ4v) is 3.34. The highest BCUT2D eigenvalue weighted by Gasteiger charge is 2.19. The van der Waals surface area contributed by atoms with E-state index >= 15 is 0 Å². The fraction of sp³-hybridized carbons (Fsp3) is 0.261. The highest BCUT2D eigenvalue weighted by atomic mass is 16.7. The second-order valence-corrected chi connectivity index (χ2v) is 6.88. The summed E-state index contributed by atoms with van der Waals surface area (Å²) in [4.78, 5) is 16.7. The van der Waals surface area contributed by atoms with Crippen LogP contribution in [-0.4, -0.2) is 55.2 Å². The number of piperazine rings is 1. The number of hydrogen-bond acceptors (Lipinski definition) is 4. The molecule has 0 aromatic heterocycles. The van der Waals surface area contributed by atoms with Gasteiger partial charge in [0.15, 0.2) is 11.5 Å². The maximum Gasteiger partial charge on any atom is 0.246 e. The summed E-state index contributed by atoms with van der Waals surface area (Å²) in [5, 5.41) is 0. The van der Waals surface area contributed by atoms with Gasteiger partial charge in [-0.25, -0.2) is 0 Å². The predicted octanol–water partition coefficient (Wildman–Crippen LogP) is 3.29. The summed E-state index contributed by atoms with van der Waals surface area (Å²) >= 11 is 0. The molecule has 4 rings (SSSR count). The van der Waals surface area contributed by atoms with E-state index in [0.717, 1.165) is 49.8 Å². The number of fused-ring (bicyclic) bond motifs is 1. The highest BCUT2D eigenvalue weighted by molar-refractivity contribution is 5.92. The molecule has 1 saturated heterocycles. The number of nitrogens with zero attached hydrogens (tertiary/aromatic N) is 2. The molecule has 0 N–H and O–H groups in total. The van der Waals surface area contributed by atoms with Crippen LogP contribution in [0.25, 0.3) is 12.2 Å². The first-order valence-electron chi connectivity index (χ1n) is 9.58. The van der Waals surface area contributed by atoms with E-state index in [1.807, 2.05) is 47.4 Å². The number of amides is 1. The molecule has 0 saturated carbocycles. The van der Waals surface area contributed by atoms with Crippen molar-refractivity contribution in [1.82, 2.24) is 9.80 Å². The van der Waals surface area contributed by atoms with Gasteiger partial charge in [-0.1, -0.05) is 48.6 Å². The van der Waals surface area contributed by atoms with E-state index in [9.17, 15) is 4.79 Å². The van der Waals surface area contributed by atoms with Crippen LogP contribution in [0, 0.1) is 0 Å². The van der Waals surface area contributed by atoms with Crippen molar-refractivity contribution in [3.05, 3.63) is 71.8 Å². The Morgan fingerprint density at radius 1 is 0.893 bits per heavy atom. The van der Waals surface area contributed by atoms with Crippen molar-refractivity contribution in [1.29, 1.82) is 0 Å². The summed E-state index contributed by atoms with van der Waals surface area (Å²) < 4.78 is 10.7. The lowest BCUT2D eigenvalue weighted by Gasteiger charge is -2.33. The van der Waals surface area contributed by atoms with Crippen molar-refractivity contribution < 1.29 is 14.3 Å². The van der Waals surface area contributed by atoms with Gasteiger partial charge in [-0.2, -0.15) is 0 Å². The Balaban J connectivity index is 1.24. The van der Waals surface area contributed by atoms with E-state index in [1.54, 1.807) is 6.08 Å². The molecular formula is C23H24N2O3. The Kier molecular flexibility index (Phi) is 5.73. The van der Waals surface area contributed by atoms with Gasteiger partial charge in [-0.3, -0.25) is 9.69 Å². The van der Waals surface area contributed by atoms with E-state index in [4.69, 9.17) is 9.47 Å². The number of hydrogen-bond donors (Lipinski definition) is 0. The summed E-state index contributed by atoms with van der Waals surface area (Å²) in [5.41, 5.74) is 2.15. The van der Waals surface area contributed by atoms with Gasteiger partial charge >= 0.3 is 0 Å². The summed E-state index contributed by atoms with van der Waals surface area (Å²) in [7, 11) is 0. The van der Waals surface area contributed by atoms with E-state index in [1.165, 1.54) is 5.56 Å². The molecular weight excluding hydrogens is 352 g/mol. The molecule has 1 amide bonds. The monoisotopic (exact) mass is 376 g/mol. The van der Waals surface area contributed by atoms with Gasteiger partial charge < -0.3 is 14.4 Å². The third-order valence-electron chi connectivity index (χ3n) is 4.97. The van der Waals surface area contributed by atoms with Crippen LogP contribution in [0.4, 0.5) is 0 Å². The molecule has 144 valence electrons. The Bertz CT molecular complexity index is 869. The number of ether oxygens (including phenoxy) is 2. The highest BCUT2D eigenvalue weighted by Crippen LogP contribution is 2.32. The minimum absolute atomic E-state index is 0.0529. The quantitative estimate of drug-likeness (QED) is 0.751. The Morgan fingerprint density at radius 3 is 2.50 bits per heavy atom. The van der Waals surface area contributed by atoms with Crippen LogP contribution in [0.3, 0.4) is 0 Å². The Morgan fingerprint density at radius 2 is 1.68 bits per heavy atom. The van der Waals surface area contributed by atoms with Crippen LogP contribution >= 0.6 is 0 Å². The number of rotatable bonds is 5. The predicted molar refractivity (Wildman–Crippen MR) is 110 cm³/mol. The average Bonchev–Trinajstić information content (AvgIpc) is 3.21. The molecule has 0 unspecified atom stereocenters. The number of carbonyl (C=O) groups excluding carboxylic acids is 1. The summed E-state index contributed by atoms with van der Waals surface area (Å²) in [5.74, 6) is 1.53. The molecule has 2 aliphatic rings. The van der Waals surface area contributed by atoms with Gasteiger partial charge in [-0.05, 0) is 29.3 Å². The number of benzene rings is 2. The van der Waals surface area contributed by atoms with Crippen LogP contribution < -0.4 is 9.47 Å². The van der Waals surface area contributed by atoms with Gasteiger partial charge in [0.05, 0.1) is 0 Å². The molecule has 2 aliphatic heterocycles. The van der Waals surface area contributed by atoms with Gasteiger partial charge in [-0.15, -0.1) is 0 Å². The normalized spacial score (nSPS) is 16.9. The lowest BCUT2D eigenvalue weighted by molar-refractivity contribution is -0.127. The molecule has 28 heavy (non-hydrogen) atoms. The zero-order valence-electron chi connectivity index (χ0n) is 15.8. The lowest BCUT2D eigenvalue weighted by Crippen LogP contribution is -2.48. The van der Waals surface area contributed by atoms with Gasteiger partial charge in [0, 0.05) is 38.8 Å². The fourth-order valence-electron chi connectivity index (χ4n) is 3.34. The third-order valence-corrected chi connectivity index (χ3v) is 4.97. The zero-order valence-corrected chi connectivity index (χ0v) is 15.8. The largest absolute Gasteiger partial charge is 0.454 e. The molecule has 2 aromatic rings. The SMILES string of the molecule is O=C(C=Cc1ccc2c(c1)OCO2)N1CCN(CC=Cc2ccccc2)CC1. The molecule has 1 fully saturated rings. The lowest BCUT2D eigenvalue weighted by atomic mass is 10.2. The van der Waals surface area contributed by atoms with Crippen LogP contribution in [0.5, 0.6) is 11.5 Å². The summed E-state index contributed by atoms with van der Waals surface area (Å²) in [6, 6.07) is 16.0. The second kappa shape index (κ2) is 8.76. The summed E-state index contributed by atoms with van der Waals surface area (Å²) in [6.45, 7) is 4.45. The Labute approximate surface area is 165 Å². The maximum absolute atomic E-state index is 12.5. The minimum Gasteiger partial charge on any atom is -0.454 e. The second-order valence-electron chi connectivity index (χ2n) is 6.88. The third kappa shape index (κ3) is 4.61. The van der Waals surface area contributed by atoms with E-state index in [-0.39, 0.29) is 12.7 Å². The Hall–Kier alpha value is -3.05. The molecule has 0 spiro atoms. The van der Waals surface area contributed by atoms with Crippen molar-refractivity contribution in [2.45, 2.75) is 0 Å². The van der Waals surface area contributed by atoms with Crippen molar-refractivity contribution in [2.75, 3.05) is 39.5 Å². The van der Waals surface area contributed by atoms with Crippen LogP contribution in [-0.2, 0) is 4.79 Å². The first-order valence-corrected chi connectivity index (χ1v) is 9.58. The molecule has 0 atom stereocenters. The zero-order chi connectivity index (χ0) is 19.2. The van der Waals surface area contributed by atoms with Crippen molar-refractivity contribution >= 4 is 18.1 Å². The molecule has 5 heteroatoms. The molecule has 5 nitrogen and oxygen atoms in total. The van der Waals surface area contributed by atoms with E-state index in [2.05, 4.69) is 29.2 Å². The van der Waals surface area contributed by atoms with E-state index in [0.29, 0.717) is 0 Å². The van der Waals surface area contributed by atoms with Crippen molar-refractivity contribution in [3.8, 4) is 11.5 Å². The topological polar surface area (TPSA) is 42.0 Å². The smallest absolute Gasteiger partial charge is 0.246 e. The van der Waals surface area contributed by atoms with Gasteiger partial charge in [0.1, 0.15) is 0 Å². The van der Waals surface area contributed by atoms with Crippen molar-refractivity contribution in [2.24, 2.45) is 0 Å². The van der Waals surface area contributed by atoms with Gasteiger partial charge in [0.25, 0.3) is 0 Å². The maximum atomic E-state index is 12.5. The molecule has 0 bridgehead atoms.